The van der Waals surface area contributed by atoms with Crippen molar-refractivity contribution in [1.82, 2.24) is 15.5 Å². The Kier molecular flexibility index (Phi) is 8.85. The molecule has 0 spiro atoms. The van der Waals surface area contributed by atoms with E-state index in [1.807, 2.05) is 20.8 Å². The summed E-state index contributed by atoms with van der Waals surface area (Å²) >= 11 is 0. The minimum absolute atomic E-state index is 0. The first-order chi connectivity index (χ1) is 9.28. The largest absolute Gasteiger partial charge is 0.377 e. The number of rotatable bonds is 6. The normalized spacial score (nSPS) is 18.0. The van der Waals surface area contributed by atoms with Crippen LogP contribution in [0.1, 0.15) is 33.6 Å². The molecule has 0 aromatic rings. The van der Waals surface area contributed by atoms with Crippen LogP contribution >= 0.6 is 12.4 Å². The van der Waals surface area contributed by atoms with Crippen LogP contribution in [0.4, 0.5) is 0 Å². The number of carbonyl (C=O) groups is 2. The van der Waals surface area contributed by atoms with E-state index in [0.29, 0.717) is 6.54 Å². The molecule has 1 atom stereocenters. The Bertz CT molecular complexity index is 339. The number of likely N-dealkylation sites (N-methyl/N-ethyl adjacent to an activating group) is 1. The van der Waals surface area contributed by atoms with E-state index >= 15 is 0 Å². The smallest absolute Gasteiger partial charge is 0.240 e. The first kappa shape index (κ1) is 20.1. The van der Waals surface area contributed by atoms with E-state index in [-0.39, 0.29) is 49.0 Å². The zero-order valence-corrected chi connectivity index (χ0v) is 14.2. The summed E-state index contributed by atoms with van der Waals surface area (Å²) in [5.41, 5.74) is -0.279. The van der Waals surface area contributed by atoms with Gasteiger partial charge < -0.3 is 20.3 Å². The van der Waals surface area contributed by atoms with E-state index in [2.05, 4.69) is 10.6 Å². The zero-order chi connectivity index (χ0) is 15.2. The second kappa shape index (κ2) is 9.23. The summed E-state index contributed by atoms with van der Waals surface area (Å²) in [5.74, 6) is -0.237. The van der Waals surface area contributed by atoms with Crippen LogP contribution in [0, 0.1) is 0 Å². The van der Waals surface area contributed by atoms with Crippen molar-refractivity contribution in [3.8, 4) is 0 Å². The van der Waals surface area contributed by atoms with Gasteiger partial charge in [0, 0.05) is 25.7 Å². The molecule has 7 heteroatoms. The van der Waals surface area contributed by atoms with Gasteiger partial charge in [0.2, 0.25) is 11.8 Å². The molecule has 21 heavy (non-hydrogen) atoms. The molecule has 6 nitrogen and oxygen atoms in total. The Morgan fingerprint density at radius 3 is 2.52 bits per heavy atom. The Labute approximate surface area is 133 Å². The van der Waals surface area contributed by atoms with E-state index in [9.17, 15) is 9.59 Å². The molecule has 1 aliphatic rings. The molecule has 0 saturated carbocycles. The first-order valence-electron chi connectivity index (χ1n) is 7.15. The van der Waals surface area contributed by atoms with E-state index in [4.69, 9.17) is 4.74 Å². The van der Waals surface area contributed by atoms with Crippen LogP contribution in [0.25, 0.3) is 0 Å². The molecule has 0 aromatic heterocycles. The average Bonchev–Trinajstić information content (AvgIpc) is 2.78. The molecule has 1 fully saturated rings. The van der Waals surface area contributed by atoms with Crippen molar-refractivity contribution in [3.05, 3.63) is 0 Å². The number of hydrogen-bond acceptors (Lipinski definition) is 4. The maximum atomic E-state index is 11.9. The average molecular weight is 322 g/mol. The molecular weight excluding hydrogens is 294 g/mol. The van der Waals surface area contributed by atoms with Crippen LogP contribution in [-0.4, -0.2) is 61.6 Å². The van der Waals surface area contributed by atoms with Gasteiger partial charge in [0.05, 0.1) is 19.2 Å². The van der Waals surface area contributed by atoms with Gasteiger partial charge >= 0.3 is 0 Å². The first-order valence-corrected chi connectivity index (χ1v) is 7.15. The highest BCUT2D eigenvalue weighted by atomic mass is 35.5. The van der Waals surface area contributed by atoms with Crippen LogP contribution in [0.5, 0.6) is 0 Å². The molecule has 1 saturated heterocycles. The molecule has 124 valence electrons. The third-order valence-corrected chi connectivity index (χ3v) is 2.99. The summed E-state index contributed by atoms with van der Waals surface area (Å²) in [4.78, 5) is 25.0. The van der Waals surface area contributed by atoms with E-state index in [1.165, 1.54) is 4.90 Å². The van der Waals surface area contributed by atoms with Gasteiger partial charge in [-0.1, -0.05) is 0 Å². The minimum Gasteiger partial charge on any atom is -0.377 e. The highest BCUT2D eigenvalue weighted by Gasteiger charge is 2.19. The van der Waals surface area contributed by atoms with Crippen molar-refractivity contribution < 1.29 is 14.3 Å². The molecule has 1 heterocycles. The maximum absolute atomic E-state index is 11.9. The van der Waals surface area contributed by atoms with E-state index < -0.39 is 0 Å². The molecule has 1 aliphatic heterocycles. The third-order valence-electron chi connectivity index (χ3n) is 2.99. The van der Waals surface area contributed by atoms with Gasteiger partial charge in [0.15, 0.2) is 0 Å². The molecule has 1 rings (SSSR count). The number of hydrogen-bond donors (Lipinski definition) is 2. The summed E-state index contributed by atoms with van der Waals surface area (Å²) in [7, 11) is 1.64. The monoisotopic (exact) mass is 321 g/mol. The van der Waals surface area contributed by atoms with Crippen molar-refractivity contribution in [1.29, 1.82) is 0 Å². The topological polar surface area (TPSA) is 70.7 Å². The number of halogens is 1. The van der Waals surface area contributed by atoms with E-state index in [1.54, 1.807) is 7.05 Å². The lowest BCUT2D eigenvalue weighted by atomic mass is 10.1. The molecule has 0 radical (unpaired) electrons. The van der Waals surface area contributed by atoms with Crippen molar-refractivity contribution in [2.45, 2.75) is 45.3 Å². The summed E-state index contributed by atoms with van der Waals surface area (Å²) in [6, 6.07) is 0. The third kappa shape index (κ3) is 8.90. The zero-order valence-electron chi connectivity index (χ0n) is 13.4. The summed E-state index contributed by atoms with van der Waals surface area (Å²) in [5, 5.41) is 5.91. The van der Waals surface area contributed by atoms with Crippen molar-refractivity contribution in [3.63, 3.8) is 0 Å². The van der Waals surface area contributed by atoms with Crippen LogP contribution < -0.4 is 10.6 Å². The van der Waals surface area contributed by atoms with Crippen LogP contribution in [0.2, 0.25) is 0 Å². The molecular formula is C14H28ClN3O3. The van der Waals surface area contributed by atoms with Crippen LogP contribution in [0.3, 0.4) is 0 Å². The van der Waals surface area contributed by atoms with Gasteiger partial charge in [0.25, 0.3) is 0 Å². The van der Waals surface area contributed by atoms with Crippen LogP contribution in [-0.2, 0) is 14.3 Å². The Balaban J connectivity index is 0.00000400. The van der Waals surface area contributed by atoms with Crippen molar-refractivity contribution in [2.75, 3.05) is 33.3 Å². The second-order valence-corrected chi connectivity index (χ2v) is 6.31. The van der Waals surface area contributed by atoms with Gasteiger partial charge in [-0.15, -0.1) is 12.4 Å². The molecule has 0 aliphatic carbocycles. The predicted molar refractivity (Wildman–Crippen MR) is 84.6 cm³/mol. The summed E-state index contributed by atoms with van der Waals surface area (Å²) in [6.45, 7) is 7.56. The second-order valence-electron chi connectivity index (χ2n) is 6.31. The SMILES string of the molecule is CN(CC(=O)NC(C)(C)C)C(=O)CNCC1CCCO1.Cl. The summed E-state index contributed by atoms with van der Waals surface area (Å²) < 4.78 is 5.46. The lowest BCUT2D eigenvalue weighted by molar-refractivity contribution is -0.134. The van der Waals surface area contributed by atoms with Gasteiger partial charge in [-0.3, -0.25) is 9.59 Å². The fourth-order valence-electron chi connectivity index (χ4n) is 2.04. The lowest BCUT2D eigenvalue weighted by Gasteiger charge is -2.23. The van der Waals surface area contributed by atoms with E-state index in [0.717, 1.165) is 19.4 Å². The molecule has 2 N–H and O–H groups in total. The number of nitrogens with zero attached hydrogens (tertiary/aromatic N) is 1. The fraction of sp³-hybridized carbons (Fsp3) is 0.857. The van der Waals surface area contributed by atoms with Gasteiger partial charge in [-0.2, -0.15) is 0 Å². The maximum Gasteiger partial charge on any atom is 0.240 e. The lowest BCUT2D eigenvalue weighted by Crippen LogP contribution is -2.47. The molecule has 0 bridgehead atoms. The summed E-state index contributed by atoms with van der Waals surface area (Å²) in [6.07, 6.45) is 2.36. The van der Waals surface area contributed by atoms with Crippen molar-refractivity contribution >= 4 is 24.2 Å². The van der Waals surface area contributed by atoms with Crippen LogP contribution in [0.15, 0.2) is 0 Å². The Hall–Kier alpha value is -0.850. The highest BCUT2D eigenvalue weighted by Crippen LogP contribution is 2.10. The molecule has 0 aromatic carbocycles. The molecule has 2 amide bonds. The van der Waals surface area contributed by atoms with Gasteiger partial charge in [-0.25, -0.2) is 0 Å². The highest BCUT2D eigenvalue weighted by molar-refractivity contribution is 5.86. The number of ether oxygens (including phenoxy) is 1. The fourth-order valence-corrected chi connectivity index (χ4v) is 2.04. The Morgan fingerprint density at radius 2 is 2.00 bits per heavy atom. The predicted octanol–water partition coefficient (Wildman–Crippen LogP) is 0.550. The standard InChI is InChI=1S/C14H27N3O3.ClH/c1-14(2,3)16-12(18)10-17(4)13(19)9-15-8-11-6-5-7-20-11;/h11,15H,5-10H2,1-4H3,(H,16,18);1H. The number of amides is 2. The number of carbonyl (C=O) groups excluding carboxylic acids is 2. The Morgan fingerprint density at radius 1 is 1.33 bits per heavy atom. The van der Waals surface area contributed by atoms with Gasteiger partial charge in [0.1, 0.15) is 0 Å². The minimum atomic E-state index is -0.279. The van der Waals surface area contributed by atoms with Crippen molar-refractivity contribution in [2.24, 2.45) is 0 Å². The molecule has 1 unspecified atom stereocenters. The van der Waals surface area contributed by atoms with Gasteiger partial charge in [-0.05, 0) is 33.6 Å². The quantitative estimate of drug-likeness (QED) is 0.749. The number of nitrogens with one attached hydrogen (secondary N) is 2.